The number of rotatable bonds is 2. The van der Waals surface area contributed by atoms with Crippen LogP contribution in [-0.4, -0.2) is 33.9 Å². The largest absolute Gasteiger partial charge is 0.395 e. The van der Waals surface area contributed by atoms with Gasteiger partial charge < -0.3 is 5.73 Å². The zero-order chi connectivity index (χ0) is 12.4. The summed E-state index contributed by atoms with van der Waals surface area (Å²) >= 11 is 0. The number of hydrogen-bond acceptors (Lipinski definition) is 4. The molecule has 0 atom stereocenters. The molecule has 0 bridgehead atoms. The first-order chi connectivity index (χ1) is 8.15. The molecule has 1 aromatic heterocycles. The Balaban J connectivity index is 2.29. The maximum atomic E-state index is 12.3. The van der Waals surface area contributed by atoms with Crippen molar-refractivity contribution in [1.82, 2.24) is 14.8 Å². The highest BCUT2D eigenvalue weighted by molar-refractivity contribution is 5.97. The predicted molar refractivity (Wildman–Crippen MR) is 63.3 cm³/mol. The fraction of sp³-hybridized carbons (Fsp3) is 0.636. The van der Waals surface area contributed by atoms with Crippen molar-refractivity contribution in [3.63, 3.8) is 0 Å². The van der Waals surface area contributed by atoms with Gasteiger partial charge in [0.25, 0.3) is 5.91 Å². The number of hydrogen-bond donors (Lipinski definition) is 1. The lowest BCUT2D eigenvalue weighted by Gasteiger charge is -2.26. The average Bonchev–Trinajstić information content (AvgIpc) is 2.65. The second-order valence-electron chi connectivity index (χ2n) is 4.11. The molecule has 0 saturated carbocycles. The molecule has 1 aliphatic heterocycles. The van der Waals surface area contributed by atoms with E-state index in [1.54, 1.807) is 11.6 Å². The van der Waals surface area contributed by atoms with E-state index in [0.717, 1.165) is 12.8 Å². The summed E-state index contributed by atoms with van der Waals surface area (Å²) in [6.45, 7) is 5.55. The van der Waals surface area contributed by atoms with Crippen molar-refractivity contribution in [2.45, 2.75) is 33.2 Å². The minimum atomic E-state index is -0.190. The van der Waals surface area contributed by atoms with Gasteiger partial charge in [-0.25, -0.2) is 5.06 Å². The van der Waals surface area contributed by atoms with Gasteiger partial charge in [0, 0.05) is 13.1 Å². The lowest BCUT2D eigenvalue weighted by atomic mass is 10.2. The van der Waals surface area contributed by atoms with E-state index in [4.69, 9.17) is 10.6 Å². The number of aryl methyl sites for hydroxylation is 2. The Labute approximate surface area is 100 Å². The molecule has 1 aromatic rings. The van der Waals surface area contributed by atoms with Crippen LogP contribution >= 0.6 is 0 Å². The summed E-state index contributed by atoms with van der Waals surface area (Å²) in [6.07, 6.45) is 1.95. The van der Waals surface area contributed by atoms with Crippen molar-refractivity contribution >= 4 is 11.6 Å². The Morgan fingerprint density at radius 3 is 2.88 bits per heavy atom. The van der Waals surface area contributed by atoms with E-state index < -0.39 is 0 Å². The van der Waals surface area contributed by atoms with Crippen LogP contribution in [0.25, 0.3) is 0 Å². The highest BCUT2D eigenvalue weighted by Gasteiger charge is 2.26. The molecule has 0 spiro atoms. The van der Waals surface area contributed by atoms with Gasteiger partial charge in [0.1, 0.15) is 0 Å². The summed E-state index contributed by atoms with van der Waals surface area (Å²) in [5.41, 5.74) is 7.47. The molecule has 0 aromatic carbocycles. The molecule has 2 heterocycles. The number of carbonyl (C=O) groups is 1. The molecule has 6 nitrogen and oxygen atoms in total. The van der Waals surface area contributed by atoms with Crippen LogP contribution in [0, 0.1) is 6.92 Å². The molecule has 17 heavy (non-hydrogen) atoms. The monoisotopic (exact) mass is 238 g/mol. The Kier molecular flexibility index (Phi) is 3.33. The van der Waals surface area contributed by atoms with Crippen molar-refractivity contribution in [1.29, 1.82) is 0 Å². The molecule has 1 aliphatic rings. The third kappa shape index (κ3) is 2.12. The van der Waals surface area contributed by atoms with Gasteiger partial charge in [0.05, 0.1) is 18.0 Å². The van der Waals surface area contributed by atoms with Crippen molar-refractivity contribution in [3.8, 4) is 0 Å². The molecule has 6 heteroatoms. The number of anilines is 1. The maximum Gasteiger partial charge on any atom is 0.297 e. The zero-order valence-corrected chi connectivity index (χ0v) is 10.3. The van der Waals surface area contributed by atoms with Crippen LogP contribution in [0.15, 0.2) is 0 Å². The number of amides is 1. The van der Waals surface area contributed by atoms with Crippen LogP contribution in [0.4, 0.5) is 5.69 Å². The average molecular weight is 238 g/mol. The van der Waals surface area contributed by atoms with Crippen LogP contribution in [0.1, 0.15) is 35.9 Å². The number of hydroxylamine groups is 2. The van der Waals surface area contributed by atoms with E-state index in [0.29, 0.717) is 36.8 Å². The lowest BCUT2D eigenvalue weighted by Crippen LogP contribution is -2.37. The second-order valence-corrected chi connectivity index (χ2v) is 4.11. The van der Waals surface area contributed by atoms with Crippen LogP contribution in [0.3, 0.4) is 0 Å². The van der Waals surface area contributed by atoms with E-state index in [1.807, 2.05) is 6.92 Å². The van der Waals surface area contributed by atoms with Crippen LogP contribution in [-0.2, 0) is 11.4 Å². The Hall–Kier alpha value is -1.56. The molecule has 0 unspecified atom stereocenters. The summed E-state index contributed by atoms with van der Waals surface area (Å²) in [7, 11) is 0. The van der Waals surface area contributed by atoms with E-state index in [2.05, 4.69) is 5.10 Å². The van der Waals surface area contributed by atoms with Gasteiger partial charge in [-0.1, -0.05) is 0 Å². The first-order valence-electron chi connectivity index (χ1n) is 5.92. The molecule has 94 valence electrons. The summed E-state index contributed by atoms with van der Waals surface area (Å²) in [4.78, 5) is 17.6. The number of carbonyl (C=O) groups excluding carboxylic acids is 1. The summed E-state index contributed by atoms with van der Waals surface area (Å²) in [5, 5.41) is 5.62. The van der Waals surface area contributed by atoms with Crippen molar-refractivity contribution < 1.29 is 9.63 Å². The van der Waals surface area contributed by atoms with E-state index >= 15 is 0 Å². The molecular formula is C11H18N4O2. The first-order valence-corrected chi connectivity index (χ1v) is 5.92. The number of nitrogens with two attached hydrogens (primary N) is 1. The van der Waals surface area contributed by atoms with Crippen molar-refractivity contribution in [3.05, 3.63) is 11.4 Å². The summed E-state index contributed by atoms with van der Waals surface area (Å²) < 4.78 is 1.63. The van der Waals surface area contributed by atoms with Crippen molar-refractivity contribution in [2.24, 2.45) is 0 Å². The third-order valence-electron chi connectivity index (χ3n) is 2.91. The Morgan fingerprint density at radius 1 is 1.53 bits per heavy atom. The van der Waals surface area contributed by atoms with Gasteiger partial charge in [-0.3, -0.25) is 14.3 Å². The molecular weight excluding hydrogens is 220 g/mol. The van der Waals surface area contributed by atoms with E-state index in [9.17, 15) is 4.79 Å². The highest BCUT2D eigenvalue weighted by atomic mass is 16.7. The number of aromatic nitrogens is 2. The van der Waals surface area contributed by atoms with Crippen LogP contribution in [0.5, 0.6) is 0 Å². The molecule has 1 saturated heterocycles. The number of nitrogens with zero attached hydrogens (tertiary/aromatic N) is 3. The highest BCUT2D eigenvalue weighted by Crippen LogP contribution is 2.20. The van der Waals surface area contributed by atoms with E-state index in [-0.39, 0.29) is 5.91 Å². The Morgan fingerprint density at radius 2 is 2.29 bits per heavy atom. The van der Waals surface area contributed by atoms with E-state index in [1.165, 1.54) is 5.06 Å². The lowest BCUT2D eigenvalue weighted by molar-refractivity contribution is -0.144. The second kappa shape index (κ2) is 4.75. The fourth-order valence-electron chi connectivity index (χ4n) is 1.92. The predicted octanol–water partition coefficient (Wildman–Crippen LogP) is 0.961. The minimum Gasteiger partial charge on any atom is -0.395 e. The SMILES string of the molecule is CCn1nc(C)c(N)c1C(=O)N1CCCCO1. The van der Waals surface area contributed by atoms with Crippen LogP contribution in [0.2, 0.25) is 0 Å². The molecule has 0 aliphatic carbocycles. The minimum absolute atomic E-state index is 0.190. The third-order valence-corrected chi connectivity index (χ3v) is 2.91. The maximum absolute atomic E-state index is 12.3. The van der Waals surface area contributed by atoms with Crippen molar-refractivity contribution in [2.75, 3.05) is 18.9 Å². The van der Waals surface area contributed by atoms with Gasteiger partial charge in [0.15, 0.2) is 5.69 Å². The standard InChI is InChI=1S/C11H18N4O2/c1-3-14-10(9(12)8(2)13-14)11(16)15-6-4-5-7-17-15/h3-7,12H2,1-2H3. The molecule has 1 fully saturated rings. The Bertz CT molecular complexity index is 421. The topological polar surface area (TPSA) is 73.4 Å². The molecule has 2 N–H and O–H groups in total. The summed E-state index contributed by atoms with van der Waals surface area (Å²) in [5.74, 6) is -0.190. The molecule has 1 amide bonds. The molecule has 0 radical (unpaired) electrons. The van der Waals surface area contributed by atoms with Gasteiger partial charge in [-0.2, -0.15) is 5.10 Å². The van der Waals surface area contributed by atoms with Gasteiger partial charge >= 0.3 is 0 Å². The molecule has 2 rings (SSSR count). The normalized spacial score (nSPS) is 16.2. The van der Waals surface area contributed by atoms with Gasteiger partial charge in [-0.15, -0.1) is 0 Å². The summed E-state index contributed by atoms with van der Waals surface area (Å²) in [6, 6.07) is 0. The number of nitrogen functional groups attached to an aromatic ring is 1. The quantitative estimate of drug-likeness (QED) is 0.833. The van der Waals surface area contributed by atoms with Gasteiger partial charge in [0.2, 0.25) is 0 Å². The smallest absolute Gasteiger partial charge is 0.297 e. The first kappa shape index (κ1) is 11.9. The zero-order valence-electron chi connectivity index (χ0n) is 10.3. The van der Waals surface area contributed by atoms with Gasteiger partial charge in [-0.05, 0) is 26.7 Å². The van der Waals surface area contributed by atoms with Crippen LogP contribution < -0.4 is 5.73 Å². The fourth-order valence-corrected chi connectivity index (χ4v) is 1.92.